The van der Waals surface area contributed by atoms with Gasteiger partial charge in [0.1, 0.15) is 6.04 Å². The maximum atomic E-state index is 11.5. The van der Waals surface area contributed by atoms with Gasteiger partial charge < -0.3 is 16.4 Å². The number of hydrogen-bond donors (Lipinski definition) is 2. The molecule has 0 bridgehead atoms. The number of allylic oxidation sites excluding steroid dienone is 5. The van der Waals surface area contributed by atoms with Crippen LogP contribution in [0.3, 0.4) is 0 Å². The molecule has 1 aromatic carbocycles. The van der Waals surface area contributed by atoms with Crippen LogP contribution in [0, 0.1) is 0 Å². The highest BCUT2D eigenvalue weighted by Gasteiger charge is 2.33. The molecule has 1 aromatic rings. The molecular formula is C24H37N3O2. The molecular weight excluding hydrogens is 362 g/mol. The standard InChI is InChI=1S/C14H16.C8H15N3O2.C2H6/c1-3-5-9-13(4-2)12-14-10-7-6-8-11-14;1-5(9)8(13)11-4-2-3-6(11)7(10)12;1-2/h3-11H,1,12H2,2H3;5-6H,2-4,9H2,1H3,(H2,10,12);1-2H3/b9-5-,13-4+;;/t;5-,6+;/m.1./s1. The van der Waals surface area contributed by atoms with Crippen LogP contribution in [0.2, 0.25) is 0 Å². The van der Waals surface area contributed by atoms with Crippen LogP contribution in [0.25, 0.3) is 0 Å². The van der Waals surface area contributed by atoms with Crippen molar-refractivity contribution < 1.29 is 9.59 Å². The second kappa shape index (κ2) is 15.3. The van der Waals surface area contributed by atoms with Crippen LogP contribution in [0.4, 0.5) is 0 Å². The van der Waals surface area contributed by atoms with Crippen LogP contribution in [-0.2, 0) is 16.0 Å². The lowest BCUT2D eigenvalue weighted by Gasteiger charge is -2.23. The molecule has 5 nitrogen and oxygen atoms in total. The Bertz CT molecular complexity index is 679. The van der Waals surface area contributed by atoms with E-state index in [2.05, 4.69) is 49.9 Å². The molecule has 4 N–H and O–H groups in total. The number of carbonyl (C=O) groups is 2. The van der Waals surface area contributed by atoms with E-state index in [0.717, 1.165) is 12.8 Å². The second-order valence-electron chi connectivity index (χ2n) is 6.50. The van der Waals surface area contributed by atoms with E-state index in [0.29, 0.717) is 13.0 Å². The van der Waals surface area contributed by atoms with E-state index in [1.165, 1.54) is 16.0 Å². The number of amides is 2. The number of nitrogens with two attached hydrogens (primary N) is 2. The van der Waals surface area contributed by atoms with Crippen molar-refractivity contribution in [3.8, 4) is 0 Å². The van der Waals surface area contributed by atoms with Crippen molar-refractivity contribution in [1.29, 1.82) is 0 Å². The molecule has 0 saturated carbocycles. The van der Waals surface area contributed by atoms with E-state index in [1.807, 2.05) is 26.0 Å². The average Bonchev–Trinajstić information content (AvgIpc) is 3.23. The summed E-state index contributed by atoms with van der Waals surface area (Å²) in [5, 5.41) is 0. The fraction of sp³-hybridized carbons (Fsp3) is 0.417. The zero-order valence-electron chi connectivity index (χ0n) is 18.3. The molecule has 0 spiro atoms. The van der Waals surface area contributed by atoms with Crippen molar-refractivity contribution in [3.63, 3.8) is 0 Å². The molecule has 5 heteroatoms. The van der Waals surface area contributed by atoms with E-state index in [-0.39, 0.29) is 5.91 Å². The number of carbonyl (C=O) groups excluding carboxylic acids is 2. The van der Waals surface area contributed by atoms with Gasteiger partial charge in [-0.25, -0.2) is 0 Å². The van der Waals surface area contributed by atoms with Crippen molar-refractivity contribution in [2.75, 3.05) is 6.54 Å². The summed E-state index contributed by atoms with van der Waals surface area (Å²) in [5.41, 5.74) is 13.2. The third kappa shape index (κ3) is 9.90. The zero-order valence-corrected chi connectivity index (χ0v) is 18.3. The first-order valence-electron chi connectivity index (χ1n) is 10.2. The van der Waals surface area contributed by atoms with Gasteiger partial charge in [0.05, 0.1) is 6.04 Å². The molecule has 29 heavy (non-hydrogen) atoms. The summed E-state index contributed by atoms with van der Waals surface area (Å²) in [5.74, 6) is -0.632. The minimum absolute atomic E-state index is 0.193. The summed E-state index contributed by atoms with van der Waals surface area (Å²) in [6, 6.07) is 9.47. The number of rotatable bonds is 6. The Balaban J connectivity index is 0.000000499. The first-order valence-corrected chi connectivity index (χ1v) is 10.2. The Labute approximate surface area is 176 Å². The fourth-order valence-electron chi connectivity index (χ4n) is 2.87. The van der Waals surface area contributed by atoms with Crippen LogP contribution < -0.4 is 11.5 Å². The predicted molar refractivity (Wildman–Crippen MR) is 122 cm³/mol. The molecule has 0 aromatic heterocycles. The number of hydrogen-bond acceptors (Lipinski definition) is 3. The average molecular weight is 400 g/mol. The van der Waals surface area contributed by atoms with E-state index in [4.69, 9.17) is 11.5 Å². The maximum Gasteiger partial charge on any atom is 0.240 e. The zero-order chi connectivity index (χ0) is 22.2. The van der Waals surface area contributed by atoms with Crippen molar-refractivity contribution in [1.82, 2.24) is 4.90 Å². The van der Waals surface area contributed by atoms with Gasteiger partial charge in [-0.1, -0.05) is 75.1 Å². The van der Waals surface area contributed by atoms with Gasteiger partial charge in [-0.05, 0) is 44.2 Å². The topological polar surface area (TPSA) is 89.4 Å². The summed E-state index contributed by atoms with van der Waals surface area (Å²) < 4.78 is 0. The summed E-state index contributed by atoms with van der Waals surface area (Å²) in [7, 11) is 0. The minimum atomic E-state index is -0.556. The highest BCUT2D eigenvalue weighted by molar-refractivity contribution is 5.89. The van der Waals surface area contributed by atoms with Crippen molar-refractivity contribution in [2.45, 2.75) is 59.0 Å². The summed E-state index contributed by atoms with van der Waals surface area (Å²) in [6.45, 7) is 11.9. The molecule has 160 valence electrons. The second-order valence-corrected chi connectivity index (χ2v) is 6.50. The Morgan fingerprint density at radius 3 is 2.38 bits per heavy atom. The number of primary amides is 1. The van der Waals surface area contributed by atoms with E-state index < -0.39 is 18.0 Å². The molecule has 1 saturated heterocycles. The lowest BCUT2D eigenvalue weighted by Crippen LogP contribution is -2.49. The molecule has 1 aliphatic rings. The lowest BCUT2D eigenvalue weighted by molar-refractivity contribution is -0.138. The number of benzene rings is 1. The Morgan fingerprint density at radius 1 is 1.28 bits per heavy atom. The monoisotopic (exact) mass is 399 g/mol. The van der Waals surface area contributed by atoms with Crippen LogP contribution in [0.15, 0.2) is 66.8 Å². The van der Waals surface area contributed by atoms with E-state index in [1.54, 1.807) is 13.0 Å². The van der Waals surface area contributed by atoms with E-state index >= 15 is 0 Å². The van der Waals surface area contributed by atoms with Crippen LogP contribution >= 0.6 is 0 Å². The van der Waals surface area contributed by atoms with Gasteiger partial charge in [0.25, 0.3) is 0 Å². The van der Waals surface area contributed by atoms with Crippen LogP contribution in [0.5, 0.6) is 0 Å². The van der Waals surface area contributed by atoms with Crippen molar-refractivity contribution in [3.05, 3.63) is 72.4 Å². The molecule has 1 fully saturated rings. The quantitative estimate of drug-likeness (QED) is 0.714. The highest BCUT2D eigenvalue weighted by Crippen LogP contribution is 2.17. The Kier molecular flexibility index (Phi) is 13.9. The fourth-order valence-corrected chi connectivity index (χ4v) is 2.87. The van der Waals surface area contributed by atoms with Gasteiger partial charge in [-0.2, -0.15) is 0 Å². The Morgan fingerprint density at radius 2 is 1.90 bits per heavy atom. The first-order chi connectivity index (χ1) is 13.9. The Hall–Kier alpha value is -2.66. The molecule has 2 amide bonds. The van der Waals surface area contributed by atoms with Gasteiger partial charge in [-0.3, -0.25) is 9.59 Å². The molecule has 1 aliphatic heterocycles. The van der Waals surface area contributed by atoms with Gasteiger partial charge in [0.2, 0.25) is 11.8 Å². The minimum Gasteiger partial charge on any atom is -0.368 e. The molecule has 0 aliphatic carbocycles. The molecule has 0 radical (unpaired) electrons. The largest absolute Gasteiger partial charge is 0.368 e. The van der Waals surface area contributed by atoms with Crippen molar-refractivity contribution in [2.24, 2.45) is 11.5 Å². The van der Waals surface area contributed by atoms with E-state index in [9.17, 15) is 9.59 Å². The van der Waals surface area contributed by atoms with Gasteiger partial charge in [-0.15, -0.1) is 0 Å². The third-order valence-corrected chi connectivity index (χ3v) is 4.32. The first kappa shape index (κ1) is 26.3. The SMILES string of the molecule is C=C/C=C\C(=C/C)Cc1ccccc1.CC.C[C@@H](N)C(=O)N1CCC[C@H]1C(N)=O. The van der Waals surface area contributed by atoms with Crippen molar-refractivity contribution >= 4 is 11.8 Å². The smallest absolute Gasteiger partial charge is 0.240 e. The normalized spacial score (nSPS) is 16.9. The molecule has 2 rings (SSSR count). The van der Waals surface area contributed by atoms with Crippen LogP contribution in [0.1, 0.15) is 46.1 Å². The summed E-state index contributed by atoms with van der Waals surface area (Å²) in [6.07, 6.45) is 10.5. The van der Waals surface area contributed by atoms with Gasteiger partial charge in [0.15, 0.2) is 0 Å². The molecule has 2 atom stereocenters. The van der Waals surface area contributed by atoms with Gasteiger partial charge >= 0.3 is 0 Å². The predicted octanol–water partition coefficient (Wildman–Crippen LogP) is 3.75. The maximum absolute atomic E-state index is 11.5. The number of nitrogens with zero attached hydrogens (tertiary/aromatic N) is 1. The number of likely N-dealkylation sites (tertiary alicyclic amines) is 1. The molecule has 0 unspecified atom stereocenters. The summed E-state index contributed by atoms with van der Waals surface area (Å²) in [4.78, 5) is 23.9. The molecule has 1 heterocycles. The summed E-state index contributed by atoms with van der Waals surface area (Å²) >= 11 is 0. The van der Waals surface area contributed by atoms with Gasteiger partial charge in [0, 0.05) is 6.54 Å². The lowest BCUT2D eigenvalue weighted by atomic mass is 10.0. The van der Waals surface area contributed by atoms with Crippen LogP contribution in [-0.4, -0.2) is 35.3 Å². The highest BCUT2D eigenvalue weighted by atomic mass is 16.2. The third-order valence-electron chi connectivity index (χ3n) is 4.32.